The molecule has 3 aromatic rings. The standard InChI is InChI=1S/C17H19N5O/c1-12-8-18-22(9-12)15-10-21(11-15)13(2)17-19-16(20-23-17)14-6-4-3-5-7-14/h3-9,13,15H,10-11H2,1-2H3/t13-/m1/s1. The molecule has 0 spiro atoms. The maximum absolute atomic E-state index is 5.46. The van der Waals surface area contributed by atoms with Crippen LogP contribution >= 0.6 is 0 Å². The van der Waals surface area contributed by atoms with Crippen LogP contribution in [0.1, 0.15) is 30.5 Å². The largest absolute Gasteiger partial charge is 0.337 e. The molecule has 0 amide bonds. The summed E-state index contributed by atoms with van der Waals surface area (Å²) in [5, 5.41) is 8.49. The fourth-order valence-electron chi connectivity index (χ4n) is 2.87. The molecule has 1 atom stereocenters. The molecule has 1 aliphatic heterocycles. The molecule has 0 bridgehead atoms. The molecule has 3 heterocycles. The van der Waals surface area contributed by atoms with Crippen molar-refractivity contribution >= 4 is 0 Å². The summed E-state index contributed by atoms with van der Waals surface area (Å²) >= 11 is 0. The lowest BCUT2D eigenvalue weighted by Crippen LogP contribution is -2.48. The Morgan fingerprint density at radius 3 is 2.70 bits per heavy atom. The molecule has 1 aromatic carbocycles. The first-order valence-electron chi connectivity index (χ1n) is 7.84. The van der Waals surface area contributed by atoms with E-state index in [2.05, 4.69) is 40.2 Å². The van der Waals surface area contributed by atoms with Crippen molar-refractivity contribution in [2.24, 2.45) is 0 Å². The number of benzene rings is 1. The van der Waals surface area contributed by atoms with Crippen LogP contribution in [0.4, 0.5) is 0 Å². The van der Waals surface area contributed by atoms with E-state index in [4.69, 9.17) is 4.52 Å². The van der Waals surface area contributed by atoms with Gasteiger partial charge in [-0.05, 0) is 19.4 Å². The summed E-state index contributed by atoms with van der Waals surface area (Å²) in [4.78, 5) is 6.87. The Morgan fingerprint density at radius 1 is 1.22 bits per heavy atom. The van der Waals surface area contributed by atoms with Gasteiger partial charge in [-0.15, -0.1) is 0 Å². The van der Waals surface area contributed by atoms with Crippen LogP contribution in [-0.4, -0.2) is 37.9 Å². The average molecular weight is 309 g/mol. The number of likely N-dealkylation sites (tertiary alicyclic amines) is 1. The summed E-state index contributed by atoms with van der Waals surface area (Å²) in [6, 6.07) is 10.4. The topological polar surface area (TPSA) is 60.0 Å². The minimum absolute atomic E-state index is 0.118. The first kappa shape index (κ1) is 14.1. The highest BCUT2D eigenvalue weighted by Crippen LogP contribution is 2.30. The van der Waals surface area contributed by atoms with Gasteiger partial charge in [0.05, 0.1) is 18.3 Å². The predicted molar refractivity (Wildman–Crippen MR) is 85.7 cm³/mol. The van der Waals surface area contributed by atoms with Crippen LogP contribution < -0.4 is 0 Å². The van der Waals surface area contributed by atoms with Gasteiger partial charge in [0.2, 0.25) is 11.7 Å². The van der Waals surface area contributed by atoms with E-state index in [-0.39, 0.29) is 6.04 Å². The highest BCUT2D eigenvalue weighted by Gasteiger charge is 2.34. The molecule has 1 aliphatic rings. The van der Waals surface area contributed by atoms with Crippen molar-refractivity contribution in [3.8, 4) is 11.4 Å². The van der Waals surface area contributed by atoms with Gasteiger partial charge in [0.1, 0.15) is 0 Å². The van der Waals surface area contributed by atoms with Crippen molar-refractivity contribution in [3.05, 3.63) is 54.2 Å². The van der Waals surface area contributed by atoms with Gasteiger partial charge in [-0.3, -0.25) is 9.58 Å². The smallest absolute Gasteiger partial charge is 0.244 e. The zero-order chi connectivity index (χ0) is 15.8. The summed E-state index contributed by atoms with van der Waals surface area (Å²) in [5.41, 5.74) is 2.17. The van der Waals surface area contributed by atoms with Crippen molar-refractivity contribution in [2.45, 2.75) is 25.9 Å². The second-order valence-electron chi connectivity index (χ2n) is 6.10. The van der Waals surface area contributed by atoms with Crippen LogP contribution in [0.5, 0.6) is 0 Å². The molecule has 6 heteroatoms. The van der Waals surface area contributed by atoms with Crippen molar-refractivity contribution < 1.29 is 4.52 Å². The predicted octanol–water partition coefficient (Wildman–Crippen LogP) is 2.86. The summed E-state index contributed by atoms with van der Waals surface area (Å²) in [5.74, 6) is 1.31. The maximum atomic E-state index is 5.46. The van der Waals surface area contributed by atoms with Gasteiger partial charge in [0.25, 0.3) is 0 Å². The molecule has 0 unspecified atom stereocenters. The van der Waals surface area contributed by atoms with Gasteiger partial charge in [-0.2, -0.15) is 10.1 Å². The minimum atomic E-state index is 0.118. The lowest BCUT2D eigenvalue weighted by Gasteiger charge is -2.41. The van der Waals surface area contributed by atoms with Gasteiger partial charge in [-0.25, -0.2) is 0 Å². The number of hydrogen-bond acceptors (Lipinski definition) is 5. The van der Waals surface area contributed by atoms with E-state index < -0.39 is 0 Å². The molecule has 23 heavy (non-hydrogen) atoms. The fourth-order valence-corrected chi connectivity index (χ4v) is 2.87. The molecule has 6 nitrogen and oxygen atoms in total. The molecule has 0 N–H and O–H groups in total. The Kier molecular flexibility index (Phi) is 3.46. The van der Waals surface area contributed by atoms with Crippen molar-refractivity contribution in [2.75, 3.05) is 13.1 Å². The highest BCUT2D eigenvalue weighted by atomic mass is 16.5. The van der Waals surface area contributed by atoms with E-state index >= 15 is 0 Å². The molecule has 1 fully saturated rings. The zero-order valence-electron chi connectivity index (χ0n) is 13.3. The number of hydrogen-bond donors (Lipinski definition) is 0. The molecule has 0 aliphatic carbocycles. The van der Waals surface area contributed by atoms with Gasteiger partial charge in [-0.1, -0.05) is 35.5 Å². The highest BCUT2D eigenvalue weighted by molar-refractivity contribution is 5.53. The van der Waals surface area contributed by atoms with Crippen LogP contribution in [-0.2, 0) is 0 Å². The summed E-state index contributed by atoms with van der Waals surface area (Å²) in [6.07, 6.45) is 3.99. The second-order valence-corrected chi connectivity index (χ2v) is 6.10. The van der Waals surface area contributed by atoms with Gasteiger partial charge in [0, 0.05) is 24.8 Å². The molecule has 0 radical (unpaired) electrons. The Labute approximate surface area is 134 Å². The van der Waals surface area contributed by atoms with E-state index in [1.54, 1.807) is 0 Å². The Morgan fingerprint density at radius 2 is 2.00 bits per heavy atom. The maximum Gasteiger partial charge on any atom is 0.244 e. The van der Waals surface area contributed by atoms with Gasteiger partial charge in [0.15, 0.2) is 0 Å². The van der Waals surface area contributed by atoms with E-state index in [0.29, 0.717) is 17.8 Å². The molecule has 0 saturated carbocycles. The normalized spacial score (nSPS) is 17.1. The lowest BCUT2D eigenvalue weighted by molar-refractivity contribution is 0.0456. The average Bonchev–Trinajstić information content (AvgIpc) is 3.16. The summed E-state index contributed by atoms with van der Waals surface area (Å²) < 4.78 is 7.50. The first-order chi connectivity index (χ1) is 11.2. The number of nitrogens with zero attached hydrogens (tertiary/aromatic N) is 5. The van der Waals surface area contributed by atoms with E-state index in [1.807, 2.05) is 41.2 Å². The van der Waals surface area contributed by atoms with Gasteiger partial charge < -0.3 is 4.52 Å². The van der Waals surface area contributed by atoms with Gasteiger partial charge >= 0.3 is 0 Å². The van der Waals surface area contributed by atoms with Crippen LogP contribution in [0.25, 0.3) is 11.4 Å². The summed E-state index contributed by atoms with van der Waals surface area (Å²) in [6.45, 7) is 6.07. The van der Waals surface area contributed by atoms with Crippen LogP contribution in [0.3, 0.4) is 0 Å². The number of rotatable bonds is 4. The van der Waals surface area contributed by atoms with Crippen molar-refractivity contribution in [3.63, 3.8) is 0 Å². The fraction of sp³-hybridized carbons (Fsp3) is 0.353. The third kappa shape index (κ3) is 2.66. The van der Waals surface area contributed by atoms with Crippen LogP contribution in [0, 0.1) is 6.92 Å². The van der Waals surface area contributed by atoms with Crippen molar-refractivity contribution in [1.29, 1.82) is 0 Å². The molecular formula is C17H19N5O. The molecule has 1 saturated heterocycles. The summed E-state index contributed by atoms with van der Waals surface area (Å²) in [7, 11) is 0. The third-order valence-electron chi connectivity index (χ3n) is 4.37. The quantitative estimate of drug-likeness (QED) is 0.741. The Balaban J connectivity index is 1.43. The SMILES string of the molecule is Cc1cnn(C2CN([C@H](C)c3nc(-c4ccccc4)no3)C2)c1. The Bertz CT molecular complexity index is 788. The monoisotopic (exact) mass is 309 g/mol. The molecule has 118 valence electrons. The van der Waals surface area contributed by atoms with Crippen LogP contribution in [0.15, 0.2) is 47.2 Å². The van der Waals surface area contributed by atoms with E-state index in [1.165, 1.54) is 5.56 Å². The second kappa shape index (κ2) is 5.62. The molecular weight excluding hydrogens is 290 g/mol. The van der Waals surface area contributed by atoms with E-state index in [0.717, 1.165) is 18.7 Å². The number of aromatic nitrogens is 4. The van der Waals surface area contributed by atoms with Crippen LogP contribution in [0.2, 0.25) is 0 Å². The minimum Gasteiger partial charge on any atom is -0.337 e. The Hall–Kier alpha value is -2.47. The van der Waals surface area contributed by atoms with E-state index in [9.17, 15) is 0 Å². The number of aryl methyl sites for hydroxylation is 1. The zero-order valence-corrected chi connectivity index (χ0v) is 13.3. The van der Waals surface area contributed by atoms with Crippen molar-refractivity contribution in [1.82, 2.24) is 24.8 Å². The first-order valence-corrected chi connectivity index (χ1v) is 7.84. The molecule has 2 aromatic heterocycles. The third-order valence-corrected chi connectivity index (χ3v) is 4.37. The lowest BCUT2D eigenvalue weighted by atomic mass is 10.1. The molecule has 4 rings (SSSR count).